The highest BCUT2D eigenvalue weighted by molar-refractivity contribution is 6.30. The Kier molecular flexibility index (Phi) is 3.71. The molecule has 0 unspecified atom stereocenters. The molecule has 0 saturated carbocycles. The van der Waals surface area contributed by atoms with Crippen LogP contribution in [0.25, 0.3) is 0 Å². The van der Waals surface area contributed by atoms with Gasteiger partial charge in [-0.05, 0) is 24.3 Å². The number of nitrogens with zero attached hydrogens (tertiary/aromatic N) is 2. The Labute approximate surface area is 117 Å². The monoisotopic (exact) mass is 297 g/mol. The number of hydrogen-bond acceptors (Lipinski definition) is 3. The standard InChI is InChI=1S/C12H9ClFN3O3/c1-16(8-4-2-7(13)3-5-8)12(20)17-6-9(14)10(18)15-11(17)19/h2-6H,1H3,(H,15,18,19). The minimum absolute atomic E-state index is 0.456. The summed E-state index contributed by atoms with van der Waals surface area (Å²) >= 11 is 5.73. The molecule has 8 heteroatoms. The second kappa shape index (κ2) is 5.30. The summed E-state index contributed by atoms with van der Waals surface area (Å²) in [6.45, 7) is 0. The first-order valence-corrected chi connectivity index (χ1v) is 5.83. The van der Waals surface area contributed by atoms with Crippen LogP contribution in [0.1, 0.15) is 0 Å². The van der Waals surface area contributed by atoms with Gasteiger partial charge in [-0.2, -0.15) is 4.39 Å². The predicted molar refractivity (Wildman–Crippen MR) is 71.9 cm³/mol. The van der Waals surface area contributed by atoms with Gasteiger partial charge in [0.25, 0.3) is 5.56 Å². The highest BCUT2D eigenvalue weighted by atomic mass is 35.5. The van der Waals surface area contributed by atoms with E-state index in [4.69, 9.17) is 11.6 Å². The molecule has 0 bridgehead atoms. The van der Waals surface area contributed by atoms with E-state index in [0.29, 0.717) is 21.5 Å². The largest absolute Gasteiger partial charge is 0.336 e. The van der Waals surface area contributed by atoms with E-state index in [-0.39, 0.29) is 0 Å². The van der Waals surface area contributed by atoms with Crippen molar-refractivity contribution in [2.45, 2.75) is 0 Å². The Bertz CT molecular complexity index is 767. The van der Waals surface area contributed by atoms with E-state index in [0.717, 1.165) is 4.90 Å². The van der Waals surface area contributed by atoms with Crippen molar-refractivity contribution >= 4 is 23.3 Å². The van der Waals surface area contributed by atoms with Crippen LogP contribution in [0.3, 0.4) is 0 Å². The summed E-state index contributed by atoms with van der Waals surface area (Å²) < 4.78 is 13.6. The maximum atomic E-state index is 13.1. The third-order valence-electron chi connectivity index (χ3n) is 2.61. The number of carbonyl (C=O) groups is 1. The van der Waals surface area contributed by atoms with E-state index in [1.54, 1.807) is 29.2 Å². The van der Waals surface area contributed by atoms with Gasteiger partial charge in [0.1, 0.15) is 0 Å². The van der Waals surface area contributed by atoms with Gasteiger partial charge >= 0.3 is 11.7 Å². The number of aromatic amines is 1. The minimum atomic E-state index is -1.22. The molecule has 1 aromatic heterocycles. The Morgan fingerprint density at radius 1 is 1.30 bits per heavy atom. The van der Waals surface area contributed by atoms with Gasteiger partial charge in [0.05, 0.1) is 6.20 Å². The van der Waals surface area contributed by atoms with Gasteiger partial charge < -0.3 is 0 Å². The molecule has 0 saturated heterocycles. The zero-order chi connectivity index (χ0) is 14.9. The topological polar surface area (TPSA) is 75.2 Å². The van der Waals surface area contributed by atoms with Crippen LogP contribution in [0, 0.1) is 5.82 Å². The molecule has 1 heterocycles. The van der Waals surface area contributed by atoms with Gasteiger partial charge in [-0.1, -0.05) is 11.6 Å². The number of amides is 1. The number of nitrogens with one attached hydrogen (secondary N) is 1. The molecule has 0 radical (unpaired) electrons. The van der Waals surface area contributed by atoms with Crippen molar-refractivity contribution < 1.29 is 9.18 Å². The lowest BCUT2D eigenvalue weighted by Gasteiger charge is -2.17. The molecule has 2 aromatic rings. The highest BCUT2D eigenvalue weighted by Crippen LogP contribution is 2.17. The van der Waals surface area contributed by atoms with Crippen molar-refractivity contribution in [3.63, 3.8) is 0 Å². The summed E-state index contributed by atoms with van der Waals surface area (Å²) in [5, 5.41) is 0.488. The van der Waals surface area contributed by atoms with Gasteiger partial charge in [0.2, 0.25) is 5.82 Å². The van der Waals surface area contributed by atoms with E-state index < -0.39 is 23.1 Å². The molecule has 1 N–H and O–H groups in total. The number of benzene rings is 1. The average molecular weight is 298 g/mol. The molecule has 6 nitrogen and oxygen atoms in total. The molecule has 0 aliphatic heterocycles. The fraction of sp³-hybridized carbons (Fsp3) is 0.0833. The Morgan fingerprint density at radius 3 is 2.50 bits per heavy atom. The van der Waals surface area contributed by atoms with E-state index in [9.17, 15) is 18.8 Å². The third kappa shape index (κ3) is 2.62. The van der Waals surface area contributed by atoms with Gasteiger partial charge in [0, 0.05) is 17.8 Å². The number of H-pyrrole nitrogens is 1. The Balaban J connectivity index is 2.41. The summed E-state index contributed by atoms with van der Waals surface area (Å²) in [6.07, 6.45) is 0.552. The van der Waals surface area contributed by atoms with Crippen molar-refractivity contribution in [1.29, 1.82) is 0 Å². The number of carbonyl (C=O) groups excluding carboxylic acids is 1. The molecule has 20 heavy (non-hydrogen) atoms. The molecule has 1 aromatic carbocycles. The van der Waals surface area contributed by atoms with Crippen LogP contribution in [-0.2, 0) is 0 Å². The summed E-state index contributed by atoms with van der Waals surface area (Å²) in [7, 11) is 1.40. The van der Waals surface area contributed by atoms with Gasteiger partial charge in [-0.3, -0.25) is 14.7 Å². The lowest BCUT2D eigenvalue weighted by molar-refractivity contribution is 0.247. The smallest absolute Gasteiger partial charge is 0.297 e. The number of hydrogen-bond donors (Lipinski definition) is 1. The number of rotatable bonds is 1. The van der Waals surface area contributed by atoms with Gasteiger partial charge in [0.15, 0.2) is 0 Å². The van der Waals surface area contributed by atoms with Crippen molar-refractivity contribution in [3.05, 3.63) is 62.1 Å². The van der Waals surface area contributed by atoms with E-state index >= 15 is 0 Å². The quantitative estimate of drug-likeness (QED) is 0.865. The molecule has 1 amide bonds. The highest BCUT2D eigenvalue weighted by Gasteiger charge is 2.16. The lowest BCUT2D eigenvalue weighted by Crippen LogP contribution is -2.41. The molecular weight excluding hydrogens is 289 g/mol. The van der Waals surface area contributed by atoms with Gasteiger partial charge in [-0.15, -0.1) is 0 Å². The zero-order valence-electron chi connectivity index (χ0n) is 10.3. The Morgan fingerprint density at radius 2 is 1.90 bits per heavy atom. The molecular formula is C12H9ClFN3O3. The molecule has 0 aliphatic rings. The van der Waals surface area contributed by atoms with Gasteiger partial charge in [-0.25, -0.2) is 14.2 Å². The third-order valence-corrected chi connectivity index (χ3v) is 2.86. The first-order chi connectivity index (χ1) is 9.40. The second-order valence-corrected chi connectivity index (χ2v) is 4.36. The summed E-state index contributed by atoms with van der Waals surface area (Å²) in [5.74, 6) is -1.22. The number of anilines is 1. The molecule has 2 rings (SSSR count). The average Bonchev–Trinajstić information content (AvgIpc) is 2.42. The van der Waals surface area contributed by atoms with Crippen molar-refractivity contribution in [2.24, 2.45) is 0 Å². The minimum Gasteiger partial charge on any atom is -0.297 e. The summed E-state index contributed by atoms with van der Waals surface area (Å²) in [5.41, 5.74) is -1.73. The lowest BCUT2D eigenvalue weighted by atomic mass is 10.3. The van der Waals surface area contributed by atoms with Crippen LogP contribution in [0.15, 0.2) is 40.1 Å². The number of aromatic nitrogens is 2. The molecule has 0 aliphatic carbocycles. The fourth-order valence-corrected chi connectivity index (χ4v) is 1.65. The van der Waals surface area contributed by atoms with Crippen LogP contribution in [0.2, 0.25) is 5.02 Å². The summed E-state index contributed by atoms with van der Waals surface area (Å²) in [6, 6.07) is 5.45. The van der Waals surface area contributed by atoms with E-state index in [1.165, 1.54) is 7.05 Å². The normalized spacial score (nSPS) is 10.3. The van der Waals surface area contributed by atoms with Crippen molar-refractivity contribution in [3.8, 4) is 0 Å². The van der Waals surface area contributed by atoms with Crippen molar-refractivity contribution in [1.82, 2.24) is 9.55 Å². The van der Waals surface area contributed by atoms with Crippen LogP contribution in [0.5, 0.6) is 0 Å². The Hall–Kier alpha value is -2.41. The first-order valence-electron chi connectivity index (χ1n) is 5.45. The molecule has 104 valence electrons. The van der Waals surface area contributed by atoms with Crippen molar-refractivity contribution in [2.75, 3.05) is 11.9 Å². The molecule has 0 atom stereocenters. The SMILES string of the molecule is CN(C(=O)n1cc(F)c(=O)[nH]c1=O)c1ccc(Cl)cc1. The predicted octanol–water partition coefficient (Wildman–Crippen LogP) is 1.43. The maximum absolute atomic E-state index is 13.1. The first kappa shape index (κ1) is 14.0. The van der Waals surface area contributed by atoms with Crippen LogP contribution in [-0.4, -0.2) is 22.6 Å². The maximum Gasteiger partial charge on any atom is 0.336 e. The zero-order valence-corrected chi connectivity index (χ0v) is 11.0. The number of halogens is 2. The second-order valence-electron chi connectivity index (χ2n) is 3.92. The summed E-state index contributed by atoms with van der Waals surface area (Å²) in [4.78, 5) is 37.3. The van der Waals surface area contributed by atoms with Crippen LogP contribution < -0.4 is 16.1 Å². The van der Waals surface area contributed by atoms with E-state index in [1.807, 2.05) is 0 Å². The van der Waals surface area contributed by atoms with Crippen LogP contribution in [0.4, 0.5) is 14.9 Å². The fourth-order valence-electron chi connectivity index (χ4n) is 1.53. The molecule has 0 fully saturated rings. The molecule has 0 spiro atoms. The van der Waals surface area contributed by atoms with Crippen LogP contribution >= 0.6 is 11.6 Å². The van der Waals surface area contributed by atoms with E-state index in [2.05, 4.69) is 0 Å².